The van der Waals surface area contributed by atoms with E-state index < -0.39 is 0 Å². The van der Waals surface area contributed by atoms with E-state index >= 15 is 0 Å². The van der Waals surface area contributed by atoms with Crippen LogP contribution in [0.4, 0.5) is 0 Å². The molecule has 0 amide bonds. The molecule has 0 bridgehead atoms. The van der Waals surface area contributed by atoms with Crippen LogP contribution in [-0.2, 0) is 25.7 Å². The summed E-state index contributed by atoms with van der Waals surface area (Å²) in [4.78, 5) is 0. The lowest BCUT2D eigenvalue weighted by atomic mass is 10.1. The van der Waals surface area contributed by atoms with E-state index in [1.807, 2.05) is 6.92 Å². The van der Waals surface area contributed by atoms with E-state index in [1.54, 1.807) is 61.5 Å². The molecule has 56 heavy (non-hydrogen) atoms. The second-order valence-electron chi connectivity index (χ2n) is 13.3. The van der Waals surface area contributed by atoms with Crippen LogP contribution in [0.1, 0.15) is 100 Å². The van der Waals surface area contributed by atoms with Crippen LogP contribution < -0.4 is 0 Å². The molecule has 0 aliphatic carbocycles. The third-order valence-electron chi connectivity index (χ3n) is 8.38. The Hall–Kier alpha value is -5.90. The van der Waals surface area contributed by atoms with Crippen molar-refractivity contribution in [3.63, 3.8) is 0 Å². The number of phenolic OH excluding ortho intramolecular Hbond substituents is 10. The first kappa shape index (κ1) is 48.1. The van der Waals surface area contributed by atoms with Gasteiger partial charge < -0.3 is 51.1 Å². The summed E-state index contributed by atoms with van der Waals surface area (Å²) in [6, 6.07) is 23.4. The fourth-order valence-corrected chi connectivity index (χ4v) is 5.18. The van der Waals surface area contributed by atoms with Gasteiger partial charge in [0.15, 0.2) is 0 Å². The fourth-order valence-electron chi connectivity index (χ4n) is 5.18. The smallest absolute Gasteiger partial charge is 0.122 e. The molecule has 0 saturated heterocycles. The van der Waals surface area contributed by atoms with Crippen molar-refractivity contribution in [1.82, 2.24) is 0 Å². The average Bonchev–Trinajstić information content (AvgIpc) is 3.13. The van der Waals surface area contributed by atoms with Crippen molar-refractivity contribution in [2.75, 3.05) is 0 Å². The maximum absolute atomic E-state index is 9.49. The van der Waals surface area contributed by atoms with Gasteiger partial charge in [0.25, 0.3) is 0 Å². The number of benzene rings is 5. The van der Waals surface area contributed by atoms with Gasteiger partial charge in [0.05, 0.1) is 0 Å². The summed E-state index contributed by atoms with van der Waals surface area (Å²) in [5.74, 6) is 1.42. The van der Waals surface area contributed by atoms with Gasteiger partial charge in [-0.05, 0) is 110 Å². The van der Waals surface area contributed by atoms with Crippen LogP contribution in [0.2, 0.25) is 0 Å². The summed E-state index contributed by atoms with van der Waals surface area (Å²) in [5.41, 5.74) is 4.45. The molecule has 5 rings (SSSR count). The quantitative estimate of drug-likeness (QED) is 0.0575. The van der Waals surface area contributed by atoms with Crippen molar-refractivity contribution < 1.29 is 51.1 Å². The topological polar surface area (TPSA) is 202 Å². The van der Waals surface area contributed by atoms with Gasteiger partial charge in [-0.25, -0.2) is 0 Å². The molecule has 5 aromatic carbocycles. The maximum Gasteiger partial charge on any atom is 0.122 e. The van der Waals surface area contributed by atoms with Gasteiger partial charge in [0.1, 0.15) is 57.5 Å². The second kappa shape index (κ2) is 26.8. The van der Waals surface area contributed by atoms with E-state index in [0.717, 1.165) is 79.2 Å². The Kier molecular flexibility index (Phi) is 23.0. The Morgan fingerprint density at radius 1 is 0.339 bits per heavy atom. The van der Waals surface area contributed by atoms with Crippen molar-refractivity contribution in [1.29, 1.82) is 0 Å². The molecule has 10 heteroatoms. The minimum absolute atomic E-state index is 0.0955. The lowest BCUT2D eigenvalue weighted by Crippen LogP contribution is -1.86. The SMILES string of the molecule is CCCCCCc1ccc(O)cc1O.CCCCc1ccc(O)cc1O.CCCc1cc(O)cc(O)c1.CCc1ccc(O)cc1O.Cc1ccc(O)cc1O. The highest BCUT2D eigenvalue weighted by molar-refractivity contribution is 5.41. The summed E-state index contributed by atoms with van der Waals surface area (Å²) in [6.45, 7) is 10.1. The molecule has 10 N–H and O–H groups in total. The van der Waals surface area contributed by atoms with Gasteiger partial charge in [-0.3, -0.25) is 0 Å². The number of aryl methyl sites for hydroxylation is 5. The lowest BCUT2D eigenvalue weighted by Gasteiger charge is -2.04. The standard InChI is InChI=1S/C12H18O2.C10H14O2.C9H12O2.C8H10O2.C7H8O2/c1-2-3-4-5-6-10-7-8-11(13)9-12(10)14;1-2-3-4-8-5-6-9(11)7-10(8)12;1-2-3-7-4-8(10)6-9(11)5-7;1-2-6-3-4-7(9)5-8(6)10;1-5-2-3-6(8)4-7(5)9/h7-9,13-14H,2-6H2,1H3;5-7,11-12H,2-4H2,1H3;4-6,10-11H,2-3H2,1H3;3-5,9-10H,2H2,1H3;2-4,8-9H,1H3. The molecule has 0 heterocycles. The Bertz CT molecular complexity index is 1830. The predicted molar refractivity (Wildman–Crippen MR) is 223 cm³/mol. The molecule has 0 fully saturated rings. The largest absolute Gasteiger partial charge is 0.508 e. The van der Waals surface area contributed by atoms with Crippen molar-refractivity contribution in [2.45, 2.75) is 105 Å². The van der Waals surface area contributed by atoms with Crippen LogP contribution in [0, 0.1) is 6.92 Å². The van der Waals surface area contributed by atoms with Gasteiger partial charge in [-0.2, -0.15) is 0 Å². The lowest BCUT2D eigenvalue weighted by molar-refractivity contribution is 0.444. The molecule has 0 aromatic heterocycles. The monoisotopic (exact) mass is 774 g/mol. The Balaban J connectivity index is 0.000000353. The van der Waals surface area contributed by atoms with Crippen LogP contribution in [0.5, 0.6) is 57.5 Å². The summed E-state index contributed by atoms with van der Waals surface area (Å²) in [6.07, 6.45) is 11.4. The van der Waals surface area contributed by atoms with E-state index in [4.69, 9.17) is 40.9 Å². The molecular formula is C46H62O10. The number of hydrogen-bond acceptors (Lipinski definition) is 10. The normalized spacial score (nSPS) is 9.95. The molecule has 0 saturated carbocycles. The van der Waals surface area contributed by atoms with Gasteiger partial charge >= 0.3 is 0 Å². The highest BCUT2D eigenvalue weighted by Gasteiger charge is 2.03. The van der Waals surface area contributed by atoms with Gasteiger partial charge in [0.2, 0.25) is 0 Å². The van der Waals surface area contributed by atoms with Crippen LogP contribution >= 0.6 is 0 Å². The molecule has 10 nitrogen and oxygen atoms in total. The number of unbranched alkanes of at least 4 members (excludes halogenated alkanes) is 4. The molecule has 0 spiro atoms. The Morgan fingerprint density at radius 2 is 0.750 bits per heavy atom. The zero-order valence-corrected chi connectivity index (χ0v) is 33.4. The number of rotatable bonds is 11. The van der Waals surface area contributed by atoms with Crippen molar-refractivity contribution in [3.8, 4) is 57.5 Å². The minimum Gasteiger partial charge on any atom is -0.508 e. The number of aromatic hydroxyl groups is 10. The zero-order valence-electron chi connectivity index (χ0n) is 33.4. The third kappa shape index (κ3) is 20.0. The van der Waals surface area contributed by atoms with Crippen LogP contribution in [0.25, 0.3) is 0 Å². The molecule has 5 aromatic rings. The van der Waals surface area contributed by atoms with Gasteiger partial charge in [-0.1, -0.05) is 84.1 Å². The molecule has 0 unspecified atom stereocenters. The minimum atomic E-state index is 0.0955. The average molecular weight is 775 g/mol. The third-order valence-corrected chi connectivity index (χ3v) is 8.38. The first-order chi connectivity index (χ1) is 26.6. The van der Waals surface area contributed by atoms with Crippen LogP contribution in [0.15, 0.2) is 91.0 Å². The molecule has 0 atom stereocenters. The summed E-state index contributed by atoms with van der Waals surface area (Å²) in [5, 5.41) is 90.8. The Morgan fingerprint density at radius 3 is 1.12 bits per heavy atom. The predicted octanol–water partition coefficient (Wildman–Crippen LogP) is 10.8. The van der Waals surface area contributed by atoms with E-state index in [1.165, 1.54) is 55.7 Å². The first-order valence-electron chi connectivity index (χ1n) is 19.2. The van der Waals surface area contributed by atoms with Crippen LogP contribution in [0.3, 0.4) is 0 Å². The Labute approximate surface area is 331 Å². The fraction of sp³-hybridized carbons (Fsp3) is 0.348. The van der Waals surface area contributed by atoms with E-state index in [0.29, 0.717) is 0 Å². The van der Waals surface area contributed by atoms with E-state index in [9.17, 15) is 10.2 Å². The van der Waals surface area contributed by atoms with Crippen molar-refractivity contribution in [2.24, 2.45) is 0 Å². The van der Waals surface area contributed by atoms with Gasteiger partial charge in [-0.15, -0.1) is 0 Å². The molecule has 0 aliphatic heterocycles. The number of phenols is 10. The van der Waals surface area contributed by atoms with E-state index in [-0.39, 0.29) is 57.5 Å². The highest BCUT2D eigenvalue weighted by atomic mass is 16.3. The second-order valence-corrected chi connectivity index (χ2v) is 13.3. The summed E-state index contributed by atoms with van der Waals surface area (Å²) < 4.78 is 0. The van der Waals surface area contributed by atoms with Crippen LogP contribution in [-0.4, -0.2) is 51.1 Å². The molecule has 0 radical (unpaired) electrons. The molecule has 306 valence electrons. The van der Waals surface area contributed by atoms with Crippen molar-refractivity contribution in [3.05, 3.63) is 119 Å². The molecular weight excluding hydrogens is 712 g/mol. The van der Waals surface area contributed by atoms with Gasteiger partial charge in [0, 0.05) is 30.3 Å². The highest BCUT2D eigenvalue weighted by Crippen LogP contribution is 2.26. The maximum atomic E-state index is 9.49. The van der Waals surface area contributed by atoms with E-state index in [2.05, 4.69) is 20.8 Å². The summed E-state index contributed by atoms with van der Waals surface area (Å²) >= 11 is 0. The molecule has 0 aliphatic rings. The zero-order chi connectivity index (χ0) is 42.0. The first-order valence-corrected chi connectivity index (χ1v) is 19.2. The van der Waals surface area contributed by atoms with Crippen molar-refractivity contribution >= 4 is 0 Å². The summed E-state index contributed by atoms with van der Waals surface area (Å²) in [7, 11) is 0. The number of hydrogen-bond donors (Lipinski definition) is 10.